The lowest BCUT2D eigenvalue weighted by atomic mass is 9.80. The van der Waals surface area contributed by atoms with Crippen molar-refractivity contribution in [2.75, 3.05) is 0 Å². The maximum Gasteiger partial charge on any atom is 0.254 e. The van der Waals surface area contributed by atoms with Crippen molar-refractivity contribution in [3.8, 4) is 0 Å². The molecule has 2 saturated carbocycles. The van der Waals surface area contributed by atoms with Gasteiger partial charge in [0.25, 0.3) is 5.91 Å². The summed E-state index contributed by atoms with van der Waals surface area (Å²) in [6.45, 7) is 0. The molecule has 4 nitrogen and oxygen atoms in total. The summed E-state index contributed by atoms with van der Waals surface area (Å²) in [6, 6.07) is 12.2. The van der Waals surface area contributed by atoms with Gasteiger partial charge in [-0.15, -0.1) is 11.3 Å². The Labute approximate surface area is 176 Å². The van der Waals surface area contributed by atoms with E-state index in [2.05, 4.69) is 21.7 Å². The van der Waals surface area contributed by atoms with E-state index in [9.17, 15) is 9.59 Å². The lowest BCUT2D eigenvalue weighted by Crippen LogP contribution is -2.51. The smallest absolute Gasteiger partial charge is 0.254 e. The molecular formula is C24H28N2O2S. The quantitative estimate of drug-likeness (QED) is 0.771. The maximum atomic E-state index is 13.6. The molecule has 0 spiro atoms. The Hall–Kier alpha value is -2.14. The zero-order valence-corrected chi connectivity index (χ0v) is 17.5. The second kappa shape index (κ2) is 7.94. The highest BCUT2D eigenvalue weighted by Gasteiger charge is 2.47. The first kappa shape index (κ1) is 18.9. The third-order valence-corrected chi connectivity index (χ3v) is 7.86. The van der Waals surface area contributed by atoms with E-state index in [1.807, 2.05) is 30.3 Å². The largest absolute Gasteiger partial charge is 0.353 e. The van der Waals surface area contributed by atoms with Crippen molar-refractivity contribution in [3.05, 3.63) is 57.8 Å². The van der Waals surface area contributed by atoms with Gasteiger partial charge in [0, 0.05) is 22.5 Å². The number of hydrogen-bond donors (Lipinski definition) is 1. The molecule has 1 aromatic heterocycles. The molecular weight excluding hydrogens is 380 g/mol. The summed E-state index contributed by atoms with van der Waals surface area (Å²) in [6.07, 6.45) is 8.89. The van der Waals surface area contributed by atoms with Crippen molar-refractivity contribution in [2.45, 2.75) is 75.4 Å². The number of fused-ring (bicyclic) bond motifs is 1. The minimum Gasteiger partial charge on any atom is -0.353 e. The number of thiophene rings is 1. The van der Waals surface area contributed by atoms with Gasteiger partial charge in [-0.1, -0.05) is 49.9 Å². The van der Waals surface area contributed by atoms with Crippen LogP contribution >= 0.6 is 11.3 Å². The first-order chi connectivity index (χ1) is 14.2. The van der Waals surface area contributed by atoms with Crippen LogP contribution in [0.1, 0.15) is 84.1 Å². The lowest BCUT2D eigenvalue weighted by Gasteiger charge is -2.44. The SMILES string of the molecule is O=C(NC1CCCC1)[C@@H]1c2ccccc2C(=O)N(C2CCCC2)[C@H]1c1cccs1. The summed E-state index contributed by atoms with van der Waals surface area (Å²) < 4.78 is 0. The van der Waals surface area contributed by atoms with Crippen LogP contribution in [0.3, 0.4) is 0 Å². The highest BCUT2D eigenvalue weighted by atomic mass is 32.1. The minimum atomic E-state index is -0.344. The molecule has 2 aromatic rings. The first-order valence-electron chi connectivity index (χ1n) is 11.0. The van der Waals surface area contributed by atoms with Gasteiger partial charge in [0.05, 0.1) is 12.0 Å². The molecule has 0 unspecified atom stereocenters. The van der Waals surface area contributed by atoms with Crippen LogP contribution in [0.4, 0.5) is 0 Å². The molecule has 2 amide bonds. The molecule has 2 heterocycles. The van der Waals surface area contributed by atoms with Gasteiger partial charge >= 0.3 is 0 Å². The van der Waals surface area contributed by atoms with Crippen LogP contribution in [0, 0.1) is 0 Å². The molecule has 1 N–H and O–H groups in total. The molecule has 2 aliphatic carbocycles. The van der Waals surface area contributed by atoms with Gasteiger partial charge in [0.15, 0.2) is 0 Å². The number of nitrogens with zero attached hydrogens (tertiary/aromatic N) is 1. The van der Waals surface area contributed by atoms with E-state index in [4.69, 9.17) is 0 Å². The predicted octanol–water partition coefficient (Wildman–Crippen LogP) is 5.03. The number of hydrogen-bond acceptors (Lipinski definition) is 3. The molecule has 0 saturated heterocycles. The van der Waals surface area contributed by atoms with E-state index in [1.165, 1.54) is 12.8 Å². The van der Waals surface area contributed by atoms with Crippen molar-refractivity contribution in [1.29, 1.82) is 0 Å². The van der Waals surface area contributed by atoms with Gasteiger partial charge in [-0.05, 0) is 48.8 Å². The van der Waals surface area contributed by atoms with Crippen molar-refractivity contribution >= 4 is 23.2 Å². The average Bonchev–Trinajstić information content (AvgIpc) is 3.50. The molecule has 0 bridgehead atoms. The van der Waals surface area contributed by atoms with E-state index in [0.29, 0.717) is 5.56 Å². The Morgan fingerprint density at radius 1 is 0.966 bits per heavy atom. The monoisotopic (exact) mass is 408 g/mol. The summed E-state index contributed by atoms with van der Waals surface area (Å²) in [7, 11) is 0. The standard InChI is InChI=1S/C24H28N2O2S/c27-23(25-16-8-1-2-9-16)21-18-12-5-6-13-19(18)24(28)26(17-10-3-4-11-17)22(21)20-14-7-15-29-20/h5-7,12-17,21-22H,1-4,8-11H2,(H,25,27)/t21-,22+/m1/s1. The third kappa shape index (κ3) is 3.39. The van der Waals surface area contributed by atoms with Crippen LogP contribution in [0.25, 0.3) is 0 Å². The Morgan fingerprint density at radius 2 is 1.69 bits per heavy atom. The van der Waals surface area contributed by atoms with Crippen LogP contribution < -0.4 is 5.32 Å². The molecule has 2 atom stereocenters. The van der Waals surface area contributed by atoms with E-state index >= 15 is 0 Å². The van der Waals surface area contributed by atoms with Crippen molar-refractivity contribution in [3.63, 3.8) is 0 Å². The molecule has 1 aliphatic heterocycles. The topological polar surface area (TPSA) is 49.4 Å². The Balaban J connectivity index is 1.60. The zero-order valence-electron chi connectivity index (χ0n) is 16.7. The van der Waals surface area contributed by atoms with Crippen molar-refractivity contribution < 1.29 is 9.59 Å². The molecule has 29 heavy (non-hydrogen) atoms. The highest BCUT2D eigenvalue weighted by Crippen LogP contribution is 2.47. The van der Waals surface area contributed by atoms with Gasteiger partial charge in [-0.3, -0.25) is 9.59 Å². The van der Waals surface area contributed by atoms with E-state index in [1.54, 1.807) is 11.3 Å². The van der Waals surface area contributed by atoms with Crippen LogP contribution in [-0.2, 0) is 4.79 Å². The highest BCUT2D eigenvalue weighted by molar-refractivity contribution is 7.10. The molecule has 152 valence electrons. The molecule has 2 fully saturated rings. The van der Waals surface area contributed by atoms with Gasteiger partial charge in [-0.2, -0.15) is 0 Å². The number of benzene rings is 1. The van der Waals surface area contributed by atoms with Crippen molar-refractivity contribution in [2.24, 2.45) is 0 Å². The van der Waals surface area contributed by atoms with Crippen LogP contribution in [0.15, 0.2) is 41.8 Å². The Bertz CT molecular complexity index is 882. The number of rotatable bonds is 4. The summed E-state index contributed by atoms with van der Waals surface area (Å²) >= 11 is 1.66. The summed E-state index contributed by atoms with van der Waals surface area (Å²) in [4.78, 5) is 30.5. The van der Waals surface area contributed by atoms with Crippen LogP contribution in [-0.4, -0.2) is 28.8 Å². The van der Waals surface area contributed by atoms with Gasteiger partial charge in [0.1, 0.15) is 0 Å². The first-order valence-corrected chi connectivity index (χ1v) is 11.9. The second-order valence-corrected chi connectivity index (χ2v) is 9.65. The molecule has 3 aliphatic rings. The fourth-order valence-corrected chi connectivity index (χ4v) is 6.40. The predicted molar refractivity (Wildman–Crippen MR) is 115 cm³/mol. The fraction of sp³-hybridized carbons (Fsp3) is 0.500. The number of carbonyl (C=O) groups excluding carboxylic acids is 2. The average molecular weight is 409 g/mol. The number of amides is 2. The number of carbonyl (C=O) groups is 2. The van der Waals surface area contributed by atoms with Crippen molar-refractivity contribution in [1.82, 2.24) is 10.2 Å². The van der Waals surface area contributed by atoms with Gasteiger partial charge in [0.2, 0.25) is 5.91 Å². The van der Waals surface area contributed by atoms with E-state index in [-0.39, 0.29) is 35.9 Å². The summed E-state index contributed by atoms with van der Waals surface area (Å²) in [5.41, 5.74) is 1.60. The van der Waals surface area contributed by atoms with E-state index in [0.717, 1.165) is 49.0 Å². The normalized spacial score (nSPS) is 25.4. The second-order valence-electron chi connectivity index (χ2n) is 8.67. The molecule has 5 rings (SSSR count). The Morgan fingerprint density at radius 3 is 2.41 bits per heavy atom. The summed E-state index contributed by atoms with van der Waals surface area (Å²) in [5, 5.41) is 5.39. The summed E-state index contributed by atoms with van der Waals surface area (Å²) in [5.74, 6) is -0.169. The Kier molecular flexibility index (Phi) is 5.17. The number of nitrogens with one attached hydrogen (secondary N) is 1. The maximum absolute atomic E-state index is 13.6. The molecule has 5 heteroatoms. The van der Waals surface area contributed by atoms with Gasteiger partial charge in [-0.25, -0.2) is 0 Å². The van der Waals surface area contributed by atoms with Crippen LogP contribution in [0.5, 0.6) is 0 Å². The van der Waals surface area contributed by atoms with Gasteiger partial charge < -0.3 is 10.2 Å². The lowest BCUT2D eigenvalue weighted by molar-refractivity contribution is -0.125. The fourth-order valence-electron chi connectivity index (χ4n) is 5.54. The van der Waals surface area contributed by atoms with Crippen LogP contribution in [0.2, 0.25) is 0 Å². The minimum absolute atomic E-state index is 0.0817. The zero-order chi connectivity index (χ0) is 19.8. The third-order valence-electron chi connectivity index (χ3n) is 6.91. The molecule has 1 aromatic carbocycles. The molecule has 0 radical (unpaired) electrons. The van der Waals surface area contributed by atoms with E-state index < -0.39 is 0 Å².